The molecule has 1 aromatic carbocycles. The zero-order valence-electron chi connectivity index (χ0n) is 13.5. The van der Waals surface area contributed by atoms with Crippen molar-refractivity contribution in [2.75, 3.05) is 18.2 Å². The largest absolute Gasteiger partial charge is 0.462 e. The summed E-state index contributed by atoms with van der Waals surface area (Å²) < 4.78 is 28.1. The monoisotopic (exact) mass is 367 g/mol. The Balaban J connectivity index is 2.22. The van der Waals surface area contributed by atoms with Crippen LogP contribution in [0.4, 0.5) is 5.00 Å². The normalized spacial score (nSPS) is 11.1. The fourth-order valence-electron chi connectivity index (χ4n) is 2.00. The Bertz CT molecular complexity index is 884. The third-order valence-electron chi connectivity index (χ3n) is 3.14. The molecule has 0 unspecified atom stereocenters. The molecule has 8 heteroatoms. The second-order valence-electron chi connectivity index (χ2n) is 5.10. The van der Waals surface area contributed by atoms with Crippen LogP contribution in [0.2, 0.25) is 0 Å². The van der Waals surface area contributed by atoms with Crippen molar-refractivity contribution in [3.8, 4) is 0 Å². The van der Waals surface area contributed by atoms with Crippen molar-refractivity contribution in [3.63, 3.8) is 0 Å². The zero-order valence-corrected chi connectivity index (χ0v) is 15.1. The standard InChI is InChI=1S/C16H17NO5S2/c1-4-22-16(19)14-10(2)8-13(23-14)17-15(18)11-6-5-7-12(9-11)24(3,20)21/h5-9H,4H2,1-3H3,(H,17,18). The van der Waals surface area contributed by atoms with E-state index >= 15 is 0 Å². The van der Waals surface area contributed by atoms with Gasteiger partial charge in [0.25, 0.3) is 5.91 Å². The minimum atomic E-state index is -3.39. The van der Waals surface area contributed by atoms with Crippen LogP contribution in [0.25, 0.3) is 0 Å². The number of nitrogens with one attached hydrogen (secondary N) is 1. The number of carbonyl (C=O) groups is 2. The van der Waals surface area contributed by atoms with E-state index in [0.29, 0.717) is 15.4 Å². The van der Waals surface area contributed by atoms with Gasteiger partial charge in [-0.15, -0.1) is 11.3 Å². The summed E-state index contributed by atoms with van der Waals surface area (Å²) >= 11 is 1.12. The van der Waals surface area contributed by atoms with Gasteiger partial charge in [0.2, 0.25) is 0 Å². The van der Waals surface area contributed by atoms with Crippen molar-refractivity contribution in [3.05, 3.63) is 46.3 Å². The molecule has 1 aromatic heterocycles. The van der Waals surface area contributed by atoms with Gasteiger partial charge in [0.05, 0.1) is 16.5 Å². The van der Waals surface area contributed by atoms with Gasteiger partial charge in [-0.25, -0.2) is 13.2 Å². The number of esters is 1. The summed E-state index contributed by atoms with van der Waals surface area (Å²) in [4.78, 5) is 24.6. The zero-order chi connectivity index (χ0) is 17.9. The van der Waals surface area contributed by atoms with Crippen molar-refractivity contribution < 1.29 is 22.7 Å². The molecule has 0 bridgehead atoms. The summed E-state index contributed by atoms with van der Waals surface area (Å²) in [6, 6.07) is 7.46. The van der Waals surface area contributed by atoms with Gasteiger partial charge in [0, 0.05) is 11.8 Å². The highest BCUT2D eigenvalue weighted by atomic mass is 32.2. The Morgan fingerprint density at radius 2 is 1.96 bits per heavy atom. The molecular formula is C16H17NO5S2. The number of sulfone groups is 1. The number of amides is 1. The minimum absolute atomic E-state index is 0.0738. The molecule has 2 aromatic rings. The fourth-order valence-corrected chi connectivity index (χ4v) is 3.62. The number of anilines is 1. The van der Waals surface area contributed by atoms with Crippen molar-refractivity contribution in [1.29, 1.82) is 0 Å². The Labute approximate surface area is 144 Å². The lowest BCUT2D eigenvalue weighted by Crippen LogP contribution is -2.11. The Morgan fingerprint density at radius 1 is 1.25 bits per heavy atom. The number of benzene rings is 1. The van der Waals surface area contributed by atoms with Gasteiger partial charge < -0.3 is 10.1 Å². The van der Waals surface area contributed by atoms with E-state index in [9.17, 15) is 18.0 Å². The van der Waals surface area contributed by atoms with Gasteiger partial charge in [0.15, 0.2) is 9.84 Å². The molecule has 0 spiro atoms. The first-order chi connectivity index (χ1) is 11.2. The summed E-state index contributed by atoms with van der Waals surface area (Å²) in [6.45, 7) is 3.75. The van der Waals surface area contributed by atoms with Crippen LogP contribution in [0.3, 0.4) is 0 Å². The third kappa shape index (κ3) is 4.21. The number of hydrogen-bond donors (Lipinski definition) is 1. The maximum absolute atomic E-state index is 12.3. The predicted octanol–water partition coefficient (Wildman–Crippen LogP) is 2.89. The molecule has 0 aliphatic carbocycles. The van der Waals surface area contributed by atoms with Crippen molar-refractivity contribution in [1.82, 2.24) is 0 Å². The SMILES string of the molecule is CCOC(=O)c1sc(NC(=O)c2cccc(S(C)(=O)=O)c2)cc1C. The molecule has 6 nitrogen and oxygen atoms in total. The van der Waals surface area contributed by atoms with Gasteiger partial charge in [-0.05, 0) is 43.7 Å². The average Bonchev–Trinajstić information content (AvgIpc) is 2.87. The molecule has 0 atom stereocenters. The highest BCUT2D eigenvalue weighted by Gasteiger charge is 2.17. The molecule has 128 valence electrons. The van der Waals surface area contributed by atoms with E-state index in [1.54, 1.807) is 19.9 Å². The molecular weight excluding hydrogens is 350 g/mol. The number of aryl methyl sites for hydroxylation is 1. The summed E-state index contributed by atoms with van der Waals surface area (Å²) in [5.41, 5.74) is 0.931. The first-order valence-corrected chi connectivity index (χ1v) is 9.82. The molecule has 0 saturated carbocycles. The van der Waals surface area contributed by atoms with Gasteiger partial charge in [0.1, 0.15) is 4.88 Å². The highest BCUT2D eigenvalue weighted by Crippen LogP contribution is 2.28. The molecule has 0 saturated heterocycles. The van der Waals surface area contributed by atoms with E-state index in [2.05, 4.69) is 5.32 Å². The van der Waals surface area contributed by atoms with Crippen molar-refractivity contribution in [2.45, 2.75) is 18.7 Å². The van der Waals surface area contributed by atoms with E-state index < -0.39 is 21.7 Å². The molecule has 1 amide bonds. The minimum Gasteiger partial charge on any atom is -0.462 e. The number of rotatable bonds is 5. The van der Waals surface area contributed by atoms with E-state index in [1.165, 1.54) is 24.3 Å². The molecule has 1 heterocycles. The Hall–Kier alpha value is -2.19. The Morgan fingerprint density at radius 3 is 2.58 bits per heavy atom. The van der Waals surface area contributed by atoms with Crippen molar-refractivity contribution >= 4 is 38.1 Å². The second kappa shape index (κ2) is 7.14. The average molecular weight is 367 g/mol. The quantitative estimate of drug-likeness (QED) is 0.821. The van der Waals surface area contributed by atoms with Crippen LogP contribution in [0.5, 0.6) is 0 Å². The van der Waals surface area contributed by atoms with Crippen LogP contribution in [-0.4, -0.2) is 33.2 Å². The molecule has 0 fully saturated rings. The second-order valence-corrected chi connectivity index (χ2v) is 8.17. The van der Waals surface area contributed by atoms with E-state index in [1.807, 2.05) is 0 Å². The lowest BCUT2D eigenvalue weighted by Gasteiger charge is -2.04. The van der Waals surface area contributed by atoms with Gasteiger partial charge >= 0.3 is 5.97 Å². The summed E-state index contributed by atoms with van der Waals surface area (Å²) in [7, 11) is -3.39. The van der Waals surface area contributed by atoms with Crippen LogP contribution in [-0.2, 0) is 14.6 Å². The van der Waals surface area contributed by atoms with Gasteiger partial charge in [-0.3, -0.25) is 4.79 Å². The van der Waals surface area contributed by atoms with E-state index in [0.717, 1.165) is 17.6 Å². The maximum atomic E-state index is 12.3. The highest BCUT2D eigenvalue weighted by molar-refractivity contribution is 7.90. The predicted molar refractivity (Wildman–Crippen MR) is 92.5 cm³/mol. The summed E-state index contributed by atoms with van der Waals surface area (Å²) in [5.74, 6) is -0.878. The van der Waals surface area contributed by atoms with Crippen LogP contribution < -0.4 is 5.32 Å². The van der Waals surface area contributed by atoms with Gasteiger partial charge in [-0.2, -0.15) is 0 Å². The van der Waals surface area contributed by atoms with Gasteiger partial charge in [-0.1, -0.05) is 6.07 Å². The lowest BCUT2D eigenvalue weighted by atomic mass is 10.2. The van der Waals surface area contributed by atoms with Crippen LogP contribution in [0.15, 0.2) is 35.2 Å². The molecule has 0 aliphatic rings. The number of thiophene rings is 1. The van der Waals surface area contributed by atoms with E-state index in [4.69, 9.17) is 4.74 Å². The number of carbonyl (C=O) groups excluding carboxylic acids is 2. The molecule has 24 heavy (non-hydrogen) atoms. The first-order valence-electron chi connectivity index (χ1n) is 7.11. The third-order valence-corrected chi connectivity index (χ3v) is 5.38. The van der Waals surface area contributed by atoms with Crippen LogP contribution in [0, 0.1) is 6.92 Å². The van der Waals surface area contributed by atoms with Crippen molar-refractivity contribution in [2.24, 2.45) is 0 Å². The lowest BCUT2D eigenvalue weighted by molar-refractivity contribution is 0.0531. The Kier molecular flexibility index (Phi) is 5.40. The number of ether oxygens (including phenoxy) is 1. The van der Waals surface area contributed by atoms with Crippen LogP contribution in [0.1, 0.15) is 32.5 Å². The molecule has 1 N–H and O–H groups in total. The first kappa shape index (κ1) is 18.2. The van der Waals surface area contributed by atoms with E-state index in [-0.39, 0.29) is 17.1 Å². The summed E-state index contributed by atoms with van der Waals surface area (Å²) in [5, 5.41) is 3.16. The smallest absolute Gasteiger partial charge is 0.348 e. The molecule has 2 rings (SSSR count). The number of hydrogen-bond acceptors (Lipinski definition) is 6. The molecule has 0 radical (unpaired) electrons. The van der Waals surface area contributed by atoms with Crippen LogP contribution >= 0.6 is 11.3 Å². The summed E-state index contributed by atoms with van der Waals surface area (Å²) in [6.07, 6.45) is 1.08. The molecule has 0 aliphatic heterocycles. The maximum Gasteiger partial charge on any atom is 0.348 e. The fraction of sp³-hybridized carbons (Fsp3) is 0.250. The topological polar surface area (TPSA) is 89.5 Å².